The van der Waals surface area contributed by atoms with Crippen molar-refractivity contribution in [1.29, 1.82) is 0 Å². The van der Waals surface area contributed by atoms with E-state index in [9.17, 15) is 8.42 Å². The highest BCUT2D eigenvalue weighted by molar-refractivity contribution is 7.86. The van der Waals surface area contributed by atoms with Gasteiger partial charge in [0.1, 0.15) is 0 Å². The molecule has 1 unspecified atom stereocenters. The molecule has 1 aliphatic heterocycles. The molecule has 5 nitrogen and oxygen atoms in total. The zero-order valence-electron chi connectivity index (χ0n) is 8.84. The Labute approximate surface area is 89.7 Å². The van der Waals surface area contributed by atoms with E-state index in [0.717, 1.165) is 11.4 Å². The van der Waals surface area contributed by atoms with Crippen LogP contribution in [0, 0.1) is 6.92 Å². The highest BCUT2D eigenvalue weighted by Gasteiger charge is 2.30. The number of hydrogen-bond donors (Lipinski definition) is 1. The monoisotopic (exact) mass is 229 g/mol. The van der Waals surface area contributed by atoms with Crippen molar-refractivity contribution in [3.05, 3.63) is 23.5 Å². The van der Waals surface area contributed by atoms with E-state index in [1.165, 1.54) is 4.31 Å². The van der Waals surface area contributed by atoms with E-state index in [-0.39, 0.29) is 6.04 Å². The average molecular weight is 229 g/mol. The van der Waals surface area contributed by atoms with Gasteiger partial charge >= 0.3 is 0 Å². The molecule has 2 N–H and O–H groups in total. The zero-order valence-corrected chi connectivity index (χ0v) is 9.66. The average Bonchev–Trinajstić information content (AvgIpc) is 2.47. The first-order valence-electron chi connectivity index (χ1n) is 4.87. The molecule has 0 fully saturated rings. The van der Waals surface area contributed by atoms with Crippen molar-refractivity contribution in [3.8, 4) is 0 Å². The van der Waals surface area contributed by atoms with Gasteiger partial charge in [-0.15, -0.1) is 0 Å². The van der Waals surface area contributed by atoms with Gasteiger partial charge in [-0.2, -0.15) is 12.7 Å². The molecule has 1 aromatic heterocycles. The van der Waals surface area contributed by atoms with E-state index in [0.29, 0.717) is 13.1 Å². The highest BCUT2D eigenvalue weighted by Crippen LogP contribution is 2.28. The van der Waals surface area contributed by atoms with Crippen LogP contribution in [0.25, 0.3) is 0 Å². The number of nitrogens with two attached hydrogens (primary N) is 1. The first kappa shape index (κ1) is 10.7. The van der Waals surface area contributed by atoms with Gasteiger partial charge in [-0.3, -0.25) is 0 Å². The maximum Gasteiger partial charge on any atom is 0.277 e. The third-order valence-electron chi connectivity index (χ3n) is 2.96. The van der Waals surface area contributed by atoms with E-state index in [1.54, 1.807) is 0 Å². The molecule has 0 spiro atoms. The maximum atomic E-state index is 11.3. The van der Waals surface area contributed by atoms with Gasteiger partial charge in [-0.05, 0) is 26.0 Å². The first-order valence-corrected chi connectivity index (χ1v) is 6.37. The summed E-state index contributed by atoms with van der Waals surface area (Å²) < 4.78 is 26.1. The molecule has 84 valence electrons. The van der Waals surface area contributed by atoms with Crippen molar-refractivity contribution in [1.82, 2.24) is 8.87 Å². The lowest BCUT2D eigenvalue weighted by Gasteiger charge is -2.32. The smallest absolute Gasteiger partial charge is 0.277 e. The Kier molecular flexibility index (Phi) is 2.37. The van der Waals surface area contributed by atoms with Gasteiger partial charge in [0.25, 0.3) is 10.2 Å². The Balaban J connectivity index is 2.43. The normalized spacial score (nSPS) is 22.7. The van der Waals surface area contributed by atoms with E-state index < -0.39 is 10.2 Å². The number of aromatic nitrogens is 1. The lowest BCUT2D eigenvalue weighted by molar-refractivity contribution is 0.281. The molecule has 2 heterocycles. The van der Waals surface area contributed by atoms with E-state index in [4.69, 9.17) is 5.14 Å². The third-order valence-corrected chi connectivity index (χ3v) is 4.12. The van der Waals surface area contributed by atoms with Crippen LogP contribution in [0.15, 0.2) is 12.1 Å². The summed E-state index contributed by atoms with van der Waals surface area (Å²) in [5.74, 6) is 0. The number of fused-ring (bicyclic) bond motifs is 1. The van der Waals surface area contributed by atoms with Crippen LogP contribution in [0.3, 0.4) is 0 Å². The molecule has 0 bridgehead atoms. The van der Waals surface area contributed by atoms with Crippen LogP contribution < -0.4 is 5.14 Å². The van der Waals surface area contributed by atoms with Crippen LogP contribution in [0.5, 0.6) is 0 Å². The highest BCUT2D eigenvalue weighted by atomic mass is 32.2. The van der Waals surface area contributed by atoms with Gasteiger partial charge in [0.15, 0.2) is 0 Å². The fourth-order valence-corrected chi connectivity index (χ4v) is 3.03. The first-order chi connectivity index (χ1) is 6.91. The summed E-state index contributed by atoms with van der Waals surface area (Å²) in [4.78, 5) is 0. The largest absolute Gasteiger partial charge is 0.346 e. The molecule has 15 heavy (non-hydrogen) atoms. The Morgan fingerprint density at radius 3 is 2.67 bits per heavy atom. The molecule has 0 radical (unpaired) electrons. The maximum absolute atomic E-state index is 11.3. The molecule has 0 aromatic carbocycles. The van der Waals surface area contributed by atoms with Crippen LogP contribution in [0.1, 0.15) is 24.4 Å². The molecule has 1 aliphatic rings. The molecule has 1 atom stereocenters. The van der Waals surface area contributed by atoms with Gasteiger partial charge in [0.2, 0.25) is 0 Å². The van der Waals surface area contributed by atoms with Gasteiger partial charge in [0, 0.05) is 24.5 Å². The lowest BCUT2D eigenvalue weighted by Crippen LogP contribution is -2.44. The molecular formula is C9H15N3O2S. The predicted molar refractivity (Wildman–Crippen MR) is 57.4 cm³/mol. The molecule has 0 aliphatic carbocycles. The van der Waals surface area contributed by atoms with Crippen LogP contribution >= 0.6 is 0 Å². The molecule has 2 rings (SSSR count). The second kappa shape index (κ2) is 3.33. The van der Waals surface area contributed by atoms with Gasteiger partial charge in [0.05, 0.1) is 6.04 Å². The van der Waals surface area contributed by atoms with Gasteiger partial charge in [-0.1, -0.05) is 0 Å². The van der Waals surface area contributed by atoms with E-state index in [2.05, 4.69) is 4.57 Å². The summed E-state index contributed by atoms with van der Waals surface area (Å²) in [6, 6.07) is 3.78. The third kappa shape index (κ3) is 1.68. The summed E-state index contributed by atoms with van der Waals surface area (Å²) in [6.45, 7) is 5.00. The zero-order chi connectivity index (χ0) is 11.2. The second-order valence-corrected chi connectivity index (χ2v) is 5.38. The Morgan fingerprint density at radius 2 is 2.07 bits per heavy atom. The van der Waals surface area contributed by atoms with Crippen LogP contribution in [0.2, 0.25) is 0 Å². The minimum atomic E-state index is -3.59. The van der Waals surface area contributed by atoms with Crippen molar-refractivity contribution < 1.29 is 8.42 Å². The fourth-order valence-electron chi connectivity index (χ4n) is 2.15. The van der Waals surface area contributed by atoms with Gasteiger partial charge < -0.3 is 4.57 Å². The fraction of sp³-hybridized carbons (Fsp3) is 0.556. The van der Waals surface area contributed by atoms with Crippen molar-refractivity contribution in [2.75, 3.05) is 6.54 Å². The van der Waals surface area contributed by atoms with Crippen molar-refractivity contribution in [2.24, 2.45) is 5.14 Å². The summed E-state index contributed by atoms with van der Waals surface area (Å²) >= 11 is 0. The number of nitrogens with zero attached hydrogens (tertiary/aromatic N) is 2. The Bertz CT molecular complexity index is 478. The molecule has 0 amide bonds. The van der Waals surface area contributed by atoms with Crippen LogP contribution in [-0.4, -0.2) is 23.8 Å². The molecule has 0 saturated carbocycles. The quantitative estimate of drug-likeness (QED) is 0.756. The Morgan fingerprint density at radius 1 is 1.40 bits per heavy atom. The van der Waals surface area contributed by atoms with Crippen molar-refractivity contribution >= 4 is 10.2 Å². The van der Waals surface area contributed by atoms with Gasteiger partial charge in [-0.25, -0.2) is 5.14 Å². The topological polar surface area (TPSA) is 68.3 Å². The van der Waals surface area contributed by atoms with Crippen LogP contribution in [0.4, 0.5) is 0 Å². The summed E-state index contributed by atoms with van der Waals surface area (Å²) in [5, 5.41) is 5.15. The predicted octanol–water partition coefficient (Wildman–Crippen LogP) is 0.377. The molecule has 0 saturated heterocycles. The van der Waals surface area contributed by atoms with Crippen LogP contribution in [-0.2, 0) is 16.8 Å². The minimum absolute atomic E-state index is 0.178. The van der Waals surface area contributed by atoms with E-state index in [1.807, 2.05) is 26.0 Å². The molecule has 6 heteroatoms. The van der Waals surface area contributed by atoms with Crippen molar-refractivity contribution in [2.45, 2.75) is 26.4 Å². The number of aryl methyl sites for hydroxylation is 1. The second-order valence-electron chi connectivity index (χ2n) is 3.88. The lowest BCUT2D eigenvalue weighted by atomic mass is 10.2. The van der Waals surface area contributed by atoms with Crippen molar-refractivity contribution in [3.63, 3.8) is 0 Å². The molecule has 1 aromatic rings. The minimum Gasteiger partial charge on any atom is -0.346 e. The molecular weight excluding hydrogens is 214 g/mol. The number of rotatable bonds is 1. The Hall–Kier alpha value is -0.850. The standard InChI is InChI=1S/C9H15N3O2S/c1-7-3-4-9-8(2)12(15(10,13)14)6-5-11(7)9/h3-4,8H,5-6H2,1-2H3,(H2,10,13,14). The summed E-state index contributed by atoms with van der Waals surface area (Å²) in [7, 11) is -3.59. The summed E-state index contributed by atoms with van der Waals surface area (Å²) in [6.07, 6.45) is 0. The number of hydrogen-bond acceptors (Lipinski definition) is 2. The summed E-state index contributed by atoms with van der Waals surface area (Å²) in [5.41, 5.74) is 2.17. The van der Waals surface area contributed by atoms with E-state index >= 15 is 0 Å². The SMILES string of the molecule is Cc1ccc2n1CCN(S(N)(=O)=O)C2C.